The summed E-state index contributed by atoms with van der Waals surface area (Å²) >= 11 is 0. The highest BCUT2D eigenvalue weighted by Gasteiger charge is 2.40. The Kier molecular flexibility index (Phi) is 6.78. The molecule has 0 bridgehead atoms. The van der Waals surface area contributed by atoms with E-state index in [9.17, 15) is 4.79 Å². The van der Waals surface area contributed by atoms with Crippen LogP contribution in [-0.2, 0) is 6.42 Å². The van der Waals surface area contributed by atoms with Crippen LogP contribution in [0.2, 0.25) is 0 Å². The Bertz CT molecular complexity index is 1580. The zero-order valence-corrected chi connectivity index (χ0v) is 21.7. The molecule has 7 heteroatoms. The lowest BCUT2D eigenvalue weighted by Gasteiger charge is -2.33. The van der Waals surface area contributed by atoms with Crippen LogP contribution in [0.1, 0.15) is 34.7 Å². The van der Waals surface area contributed by atoms with Crippen LogP contribution in [0.4, 0.5) is 5.69 Å². The molecule has 0 saturated carbocycles. The van der Waals surface area contributed by atoms with Crippen molar-refractivity contribution in [3.8, 4) is 0 Å². The standard InChI is InChI=1S/C32H30N6O/c1-2-37-32(23-13-5-3-6-14-23)38(25-15-7-4-8-16-25)30(36-37)29(35-31(39)28-19-11-12-20-33-28)21-24-22-34-27-18-10-9-17-26(24)27/h3-20,22,29,32,34H,2,21H2,1H3,(H,35,39)/t29-,32?/m1/s1. The molecule has 0 saturated heterocycles. The van der Waals surface area contributed by atoms with Crippen LogP contribution in [0, 0.1) is 0 Å². The Hall–Kier alpha value is -4.91. The Balaban J connectivity index is 1.45. The number of pyridine rings is 1. The molecule has 1 amide bonds. The van der Waals surface area contributed by atoms with Gasteiger partial charge in [-0.3, -0.25) is 14.8 Å². The number of aromatic amines is 1. The number of aromatic nitrogens is 2. The number of nitrogens with one attached hydrogen (secondary N) is 2. The van der Waals surface area contributed by atoms with E-state index in [-0.39, 0.29) is 12.1 Å². The van der Waals surface area contributed by atoms with E-state index in [1.165, 1.54) is 0 Å². The van der Waals surface area contributed by atoms with Crippen molar-refractivity contribution in [2.45, 2.75) is 25.6 Å². The third kappa shape index (κ3) is 4.86. The molecule has 1 aliphatic heterocycles. The lowest BCUT2D eigenvalue weighted by Crippen LogP contribution is -2.49. The van der Waals surface area contributed by atoms with Crippen LogP contribution < -0.4 is 10.2 Å². The minimum absolute atomic E-state index is 0.147. The van der Waals surface area contributed by atoms with E-state index in [2.05, 4.69) is 80.6 Å². The maximum Gasteiger partial charge on any atom is 0.270 e. The van der Waals surface area contributed by atoms with Gasteiger partial charge in [0.1, 0.15) is 11.9 Å². The van der Waals surface area contributed by atoms with Crippen molar-refractivity contribution in [1.82, 2.24) is 20.3 Å². The number of nitrogens with zero attached hydrogens (tertiary/aromatic N) is 4. The smallest absolute Gasteiger partial charge is 0.270 e. The molecule has 0 fully saturated rings. The third-order valence-electron chi connectivity index (χ3n) is 7.07. The normalized spacial score (nSPS) is 15.8. The first-order valence-corrected chi connectivity index (χ1v) is 13.2. The lowest BCUT2D eigenvalue weighted by molar-refractivity contribution is 0.0941. The van der Waals surface area contributed by atoms with E-state index in [1.54, 1.807) is 12.3 Å². The summed E-state index contributed by atoms with van der Waals surface area (Å²) < 4.78 is 0. The highest BCUT2D eigenvalue weighted by Crippen LogP contribution is 2.37. The Morgan fingerprint density at radius 2 is 1.64 bits per heavy atom. The Morgan fingerprint density at radius 3 is 2.38 bits per heavy atom. The van der Waals surface area contributed by atoms with Crippen molar-refractivity contribution in [2.24, 2.45) is 5.10 Å². The molecule has 39 heavy (non-hydrogen) atoms. The van der Waals surface area contributed by atoms with Gasteiger partial charge >= 0.3 is 0 Å². The molecule has 0 spiro atoms. The van der Waals surface area contributed by atoms with Crippen LogP contribution in [-0.4, -0.2) is 39.3 Å². The van der Waals surface area contributed by atoms with Crippen LogP contribution in [0.5, 0.6) is 0 Å². The molecule has 2 aromatic heterocycles. The molecule has 6 rings (SSSR count). The first-order valence-electron chi connectivity index (χ1n) is 13.2. The van der Waals surface area contributed by atoms with Crippen molar-refractivity contribution in [3.05, 3.63) is 132 Å². The van der Waals surface area contributed by atoms with Crippen LogP contribution >= 0.6 is 0 Å². The minimum Gasteiger partial charge on any atom is -0.361 e. The predicted octanol–water partition coefficient (Wildman–Crippen LogP) is 5.76. The summed E-state index contributed by atoms with van der Waals surface area (Å²) in [6, 6.07) is 33.8. The monoisotopic (exact) mass is 514 g/mol. The van der Waals surface area contributed by atoms with E-state index >= 15 is 0 Å². The van der Waals surface area contributed by atoms with Gasteiger partial charge < -0.3 is 15.2 Å². The summed E-state index contributed by atoms with van der Waals surface area (Å²) in [7, 11) is 0. The molecular formula is C32H30N6O. The van der Waals surface area contributed by atoms with Gasteiger partial charge in [0, 0.05) is 41.9 Å². The number of hydrogen-bond donors (Lipinski definition) is 2. The second-order valence-electron chi connectivity index (χ2n) is 9.51. The SMILES string of the molecule is CCN1N=C([C@@H](Cc2c[nH]c3ccccc23)NC(=O)c2ccccn2)N(c2ccccc2)C1c1ccccc1. The molecule has 2 atom stereocenters. The predicted molar refractivity (Wildman–Crippen MR) is 155 cm³/mol. The number of H-pyrrole nitrogens is 1. The quantitative estimate of drug-likeness (QED) is 0.276. The van der Waals surface area contributed by atoms with Crippen LogP contribution in [0.15, 0.2) is 121 Å². The molecule has 194 valence electrons. The summed E-state index contributed by atoms with van der Waals surface area (Å²) in [5.41, 5.74) is 4.69. The van der Waals surface area contributed by atoms with Gasteiger partial charge in [-0.25, -0.2) is 0 Å². The summed E-state index contributed by atoms with van der Waals surface area (Å²) in [5, 5.41) is 11.7. The number of fused-ring (bicyclic) bond motifs is 1. The highest BCUT2D eigenvalue weighted by molar-refractivity contribution is 6.06. The van der Waals surface area contributed by atoms with Crippen molar-refractivity contribution in [2.75, 3.05) is 11.4 Å². The maximum atomic E-state index is 13.5. The number of carbonyl (C=O) groups excluding carboxylic acids is 1. The van der Waals surface area contributed by atoms with Gasteiger partial charge in [0.2, 0.25) is 0 Å². The van der Waals surface area contributed by atoms with Gasteiger partial charge in [0.25, 0.3) is 5.91 Å². The van der Waals surface area contributed by atoms with E-state index < -0.39 is 6.04 Å². The Morgan fingerprint density at radius 1 is 0.923 bits per heavy atom. The summed E-state index contributed by atoms with van der Waals surface area (Å²) in [6.45, 7) is 2.81. The van der Waals surface area contributed by atoms with Gasteiger partial charge in [-0.15, -0.1) is 0 Å². The van der Waals surface area contributed by atoms with Crippen molar-refractivity contribution in [1.29, 1.82) is 0 Å². The number of anilines is 1. The van der Waals surface area contributed by atoms with E-state index in [0.717, 1.165) is 33.6 Å². The van der Waals surface area contributed by atoms with Gasteiger partial charge in [-0.1, -0.05) is 72.8 Å². The van der Waals surface area contributed by atoms with Crippen LogP contribution in [0.25, 0.3) is 10.9 Å². The highest BCUT2D eigenvalue weighted by atomic mass is 16.2. The number of rotatable bonds is 8. The number of hydrazone groups is 1. The average molecular weight is 515 g/mol. The molecule has 1 aliphatic rings. The van der Waals surface area contributed by atoms with Gasteiger partial charge in [0.05, 0.1) is 6.04 Å². The second-order valence-corrected chi connectivity index (χ2v) is 9.51. The zero-order chi connectivity index (χ0) is 26.6. The number of carbonyl (C=O) groups is 1. The summed E-state index contributed by atoms with van der Waals surface area (Å²) in [6.07, 6.45) is 4.08. The fourth-order valence-electron chi connectivity index (χ4n) is 5.24. The fourth-order valence-corrected chi connectivity index (χ4v) is 5.24. The Labute approximate surface area is 227 Å². The third-order valence-corrected chi connectivity index (χ3v) is 7.07. The first-order chi connectivity index (χ1) is 19.2. The van der Waals surface area contributed by atoms with Crippen molar-refractivity contribution >= 4 is 28.3 Å². The summed E-state index contributed by atoms with van der Waals surface area (Å²) in [5.74, 6) is 0.550. The number of amidine groups is 1. The molecule has 0 aliphatic carbocycles. The van der Waals surface area contributed by atoms with E-state index in [0.29, 0.717) is 18.7 Å². The summed E-state index contributed by atoms with van der Waals surface area (Å²) in [4.78, 5) is 23.4. The van der Waals surface area contributed by atoms with Crippen molar-refractivity contribution < 1.29 is 4.79 Å². The molecule has 1 unspecified atom stereocenters. The second kappa shape index (κ2) is 10.8. The number of benzene rings is 3. The molecule has 3 heterocycles. The fraction of sp³-hybridized carbons (Fsp3) is 0.156. The van der Waals surface area contributed by atoms with E-state index in [1.807, 2.05) is 54.7 Å². The molecular weight excluding hydrogens is 484 g/mol. The molecule has 5 aromatic rings. The largest absolute Gasteiger partial charge is 0.361 e. The van der Waals surface area contributed by atoms with Gasteiger partial charge in [0.15, 0.2) is 5.84 Å². The van der Waals surface area contributed by atoms with Gasteiger partial charge in [-0.05, 0) is 48.4 Å². The molecule has 7 nitrogen and oxygen atoms in total. The minimum atomic E-state index is -0.415. The topological polar surface area (TPSA) is 76.6 Å². The first kappa shape index (κ1) is 24.4. The number of hydrogen-bond acceptors (Lipinski definition) is 5. The molecule has 3 aromatic carbocycles. The van der Waals surface area contributed by atoms with E-state index in [4.69, 9.17) is 5.10 Å². The van der Waals surface area contributed by atoms with Crippen molar-refractivity contribution in [3.63, 3.8) is 0 Å². The molecule has 0 radical (unpaired) electrons. The maximum absolute atomic E-state index is 13.5. The lowest BCUT2D eigenvalue weighted by atomic mass is 10.0. The average Bonchev–Trinajstić information content (AvgIpc) is 3.60. The number of para-hydroxylation sites is 2. The molecule has 2 N–H and O–H groups in total. The number of amides is 1. The zero-order valence-electron chi connectivity index (χ0n) is 21.7. The van der Waals surface area contributed by atoms with Gasteiger partial charge in [-0.2, -0.15) is 5.10 Å². The van der Waals surface area contributed by atoms with Crippen LogP contribution in [0.3, 0.4) is 0 Å².